The van der Waals surface area contributed by atoms with Gasteiger partial charge in [-0.2, -0.15) is 0 Å². The molecule has 126 valence electrons. The van der Waals surface area contributed by atoms with Crippen molar-refractivity contribution in [3.05, 3.63) is 51.2 Å². The molecule has 0 unspecified atom stereocenters. The van der Waals surface area contributed by atoms with Gasteiger partial charge in [-0.3, -0.25) is 15.0 Å². The first-order valence-electron chi connectivity index (χ1n) is 7.97. The fourth-order valence-electron chi connectivity index (χ4n) is 2.79. The maximum atomic E-state index is 12.1. The van der Waals surface area contributed by atoms with E-state index in [0.717, 1.165) is 30.6 Å². The molecule has 1 aliphatic heterocycles. The molecule has 6 heteroatoms. The number of carbonyl (C=O) groups is 2. The lowest BCUT2D eigenvalue weighted by atomic mass is 10.1. The van der Waals surface area contributed by atoms with Crippen LogP contribution in [0, 0.1) is 13.8 Å². The van der Waals surface area contributed by atoms with Crippen molar-refractivity contribution in [2.24, 2.45) is 0 Å². The van der Waals surface area contributed by atoms with Crippen molar-refractivity contribution in [3.8, 4) is 0 Å². The topological polar surface area (TPSA) is 61.4 Å². The van der Waals surface area contributed by atoms with E-state index in [4.69, 9.17) is 0 Å². The number of carbonyl (C=O) groups excluding carboxylic acids is 2. The van der Waals surface area contributed by atoms with Gasteiger partial charge in [-0.15, -0.1) is 11.3 Å². The number of hydrogen-bond acceptors (Lipinski definition) is 4. The number of amides is 3. The molecule has 2 aromatic rings. The molecular weight excluding hydrogens is 322 g/mol. The highest BCUT2D eigenvalue weighted by Gasteiger charge is 2.20. The van der Waals surface area contributed by atoms with Gasteiger partial charge in [-0.05, 0) is 60.5 Å². The Balaban J connectivity index is 1.49. The molecular formula is C18H21N3O2S. The van der Waals surface area contributed by atoms with E-state index >= 15 is 0 Å². The van der Waals surface area contributed by atoms with Crippen molar-refractivity contribution < 1.29 is 9.59 Å². The molecule has 2 heterocycles. The summed E-state index contributed by atoms with van der Waals surface area (Å²) in [5.41, 5.74) is 4.23. The Hall–Kier alpha value is -2.18. The van der Waals surface area contributed by atoms with Crippen LogP contribution < -0.4 is 10.6 Å². The Morgan fingerprint density at radius 3 is 2.83 bits per heavy atom. The average Bonchev–Trinajstić information content (AvgIpc) is 2.98. The average molecular weight is 343 g/mol. The zero-order chi connectivity index (χ0) is 17.1. The van der Waals surface area contributed by atoms with E-state index < -0.39 is 6.03 Å². The third-order valence-corrected chi connectivity index (χ3v) is 5.29. The number of anilines is 1. The number of imide groups is 1. The molecule has 0 fully saturated rings. The molecule has 0 aliphatic carbocycles. The van der Waals surface area contributed by atoms with Crippen LogP contribution in [0.3, 0.4) is 0 Å². The first kappa shape index (κ1) is 16.7. The largest absolute Gasteiger partial charge is 0.325 e. The highest BCUT2D eigenvalue weighted by molar-refractivity contribution is 7.10. The summed E-state index contributed by atoms with van der Waals surface area (Å²) < 4.78 is 0. The quantitative estimate of drug-likeness (QED) is 0.900. The maximum Gasteiger partial charge on any atom is 0.325 e. The van der Waals surface area contributed by atoms with E-state index in [1.54, 1.807) is 11.3 Å². The predicted octanol–water partition coefficient (Wildman–Crippen LogP) is 3.07. The number of hydrogen-bond donors (Lipinski definition) is 2. The lowest BCUT2D eigenvalue weighted by Crippen LogP contribution is -2.43. The van der Waals surface area contributed by atoms with Gasteiger partial charge < -0.3 is 5.32 Å². The number of aryl methyl sites for hydroxylation is 2. The first-order valence-corrected chi connectivity index (χ1v) is 8.85. The SMILES string of the molecule is Cc1ccc(NC(=O)NC(=O)CN2CCc3sccc3C2)cc1C. The van der Waals surface area contributed by atoms with Gasteiger partial charge >= 0.3 is 6.03 Å². The Labute approximate surface area is 145 Å². The van der Waals surface area contributed by atoms with Crippen LogP contribution in [0.25, 0.3) is 0 Å². The van der Waals surface area contributed by atoms with E-state index in [-0.39, 0.29) is 12.5 Å². The summed E-state index contributed by atoms with van der Waals surface area (Å²) in [6.45, 7) is 5.85. The van der Waals surface area contributed by atoms with Gasteiger partial charge in [0.05, 0.1) is 6.54 Å². The number of rotatable bonds is 3. The fourth-order valence-corrected chi connectivity index (χ4v) is 3.68. The number of urea groups is 1. The number of nitrogens with zero attached hydrogens (tertiary/aromatic N) is 1. The van der Waals surface area contributed by atoms with E-state index in [1.165, 1.54) is 10.4 Å². The highest BCUT2D eigenvalue weighted by Crippen LogP contribution is 2.23. The number of thiophene rings is 1. The number of fused-ring (bicyclic) bond motifs is 1. The molecule has 3 rings (SSSR count). The smallest absolute Gasteiger partial charge is 0.308 e. The van der Waals surface area contributed by atoms with Crippen molar-refractivity contribution in [1.82, 2.24) is 10.2 Å². The second-order valence-electron chi connectivity index (χ2n) is 6.13. The normalized spacial score (nSPS) is 14.1. The lowest BCUT2D eigenvalue weighted by molar-refractivity contribution is -0.121. The summed E-state index contributed by atoms with van der Waals surface area (Å²) in [5.74, 6) is -0.282. The summed E-state index contributed by atoms with van der Waals surface area (Å²) in [4.78, 5) is 27.5. The molecule has 0 atom stereocenters. The Bertz CT molecular complexity index is 769. The molecule has 1 aliphatic rings. The van der Waals surface area contributed by atoms with Crippen LogP contribution in [-0.2, 0) is 17.8 Å². The molecule has 3 amide bonds. The Morgan fingerprint density at radius 1 is 1.21 bits per heavy atom. The van der Waals surface area contributed by atoms with Crippen LogP contribution in [0.2, 0.25) is 0 Å². The van der Waals surface area contributed by atoms with Crippen LogP contribution in [0.1, 0.15) is 21.6 Å². The van der Waals surface area contributed by atoms with Crippen LogP contribution in [-0.4, -0.2) is 29.9 Å². The van der Waals surface area contributed by atoms with Gasteiger partial charge in [0.15, 0.2) is 0 Å². The molecule has 0 saturated carbocycles. The summed E-state index contributed by atoms with van der Waals surface area (Å²) in [7, 11) is 0. The molecule has 2 N–H and O–H groups in total. The molecule has 1 aromatic carbocycles. The van der Waals surface area contributed by atoms with Gasteiger partial charge in [0.2, 0.25) is 5.91 Å². The van der Waals surface area contributed by atoms with Crippen LogP contribution >= 0.6 is 11.3 Å². The van der Waals surface area contributed by atoms with E-state index in [2.05, 4.69) is 27.0 Å². The van der Waals surface area contributed by atoms with Crippen LogP contribution in [0.5, 0.6) is 0 Å². The third-order valence-electron chi connectivity index (χ3n) is 4.27. The minimum Gasteiger partial charge on any atom is -0.308 e. The molecule has 24 heavy (non-hydrogen) atoms. The van der Waals surface area contributed by atoms with Crippen molar-refractivity contribution in [2.75, 3.05) is 18.4 Å². The number of nitrogens with one attached hydrogen (secondary N) is 2. The standard InChI is InChI=1S/C18H21N3O2S/c1-12-3-4-15(9-13(12)2)19-18(23)20-17(22)11-21-7-5-16-14(10-21)6-8-24-16/h3-4,6,8-9H,5,7,10-11H2,1-2H3,(H2,19,20,22,23). The second-order valence-corrected chi connectivity index (χ2v) is 7.13. The minimum absolute atomic E-state index is 0.232. The number of benzene rings is 1. The second kappa shape index (κ2) is 7.15. The van der Waals surface area contributed by atoms with Crippen LogP contribution in [0.15, 0.2) is 29.6 Å². The Kier molecular flexibility index (Phi) is 4.97. The van der Waals surface area contributed by atoms with Gasteiger partial charge in [0.1, 0.15) is 0 Å². The van der Waals surface area contributed by atoms with Crippen molar-refractivity contribution in [1.29, 1.82) is 0 Å². The van der Waals surface area contributed by atoms with E-state index in [0.29, 0.717) is 5.69 Å². The van der Waals surface area contributed by atoms with Crippen molar-refractivity contribution >= 4 is 29.0 Å². The van der Waals surface area contributed by atoms with E-state index in [9.17, 15) is 9.59 Å². The van der Waals surface area contributed by atoms with Crippen molar-refractivity contribution in [3.63, 3.8) is 0 Å². The molecule has 0 radical (unpaired) electrons. The van der Waals surface area contributed by atoms with Gasteiger partial charge in [0, 0.05) is 23.7 Å². The molecule has 5 nitrogen and oxygen atoms in total. The Morgan fingerprint density at radius 2 is 2.04 bits per heavy atom. The maximum absolute atomic E-state index is 12.1. The zero-order valence-corrected chi connectivity index (χ0v) is 14.7. The summed E-state index contributed by atoms with van der Waals surface area (Å²) in [5, 5.41) is 7.19. The molecule has 1 aromatic heterocycles. The minimum atomic E-state index is -0.489. The van der Waals surface area contributed by atoms with Gasteiger partial charge in [0.25, 0.3) is 0 Å². The zero-order valence-electron chi connectivity index (χ0n) is 13.9. The van der Waals surface area contributed by atoms with Gasteiger partial charge in [-0.25, -0.2) is 4.79 Å². The monoisotopic (exact) mass is 343 g/mol. The molecule has 0 saturated heterocycles. The summed E-state index contributed by atoms with van der Waals surface area (Å²) >= 11 is 1.77. The molecule has 0 spiro atoms. The summed E-state index contributed by atoms with van der Waals surface area (Å²) in [6.07, 6.45) is 0.967. The predicted molar refractivity (Wildman–Crippen MR) is 96.4 cm³/mol. The van der Waals surface area contributed by atoms with Crippen LogP contribution in [0.4, 0.5) is 10.5 Å². The molecule has 0 bridgehead atoms. The highest BCUT2D eigenvalue weighted by atomic mass is 32.1. The first-order chi connectivity index (χ1) is 11.5. The van der Waals surface area contributed by atoms with E-state index in [1.807, 2.05) is 32.0 Å². The van der Waals surface area contributed by atoms with Crippen molar-refractivity contribution in [2.45, 2.75) is 26.8 Å². The summed E-state index contributed by atoms with van der Waals surface area (Å²) in [6, 6.07) is 7.28. The fraction of sp³-hybridized carbons (Fsp3) is 0.333. The third kappa shape index (κ3) is 4.01. The van der Waals surface area contributed by atoms with Gasteiger partial charge in [-0.1, -0.05) is 6.07 Å². The lowest BCUT2D eigenvalue weighted by Gasteiger charge is -2.25.